The Bertz CT molecular complexity index is 2000. The van der Waals surface area contributed by atoms with Crippen molar-refractivity contribution in [1.29, 1.82) is 0 Å². The van der Waals surface area contributed by atoms with E-state index in [1.807, 2.05) is 0 Å². The first kappa shape index (κ1) is 97.5. The van der Waals surface area contributed by atoms with E-state index < -0.39 is 97.5 Å². The van der Waals surface area contributed by atoms with Gasteiger partial charge in [0.1, 0.15) is 19.3 Å². The summed E-state index contributed by atoms with van der Waals surface area (Å²) in [6.07, 6.45) is 67.5. The van der Waals surface area contributed by atoms with E-state index in [1.165, 1.54) is 205 Å². The highest BCUT2D eigenvalue weighted by Crippen LogP contribution is 2.45. The van der Waals surface area contributed by atoms with Crippen LogP contribution in [-0.4, -0.2) is 96.7 Å². The summed E-state index contributed by atoms with van der Waals surface area (Å²) in [5.74, 6) is -1.43. The summed E-state index contributed by atoms with van der Waals surface area (Å²) in [6, 6.07) is 0. The molecular weight excluding hydrogens is 1310 g/mol. The third-order valence-corrected chi connectivity index (χ3v) is 20.3. The lowest BCUT2D eigenvalue weighted by molar-refractivity contribution is -0.161. The van der Waals surface area contributed by atoms with Crippen molar-refractivity contribution in [3.8, 4) is 0 Å². The van der Waals surface area contributed by atoms with Crippen LogP contribution < -0.4 is 0 Å². The zero-order valence-corrected chi connectivity index (χ0v) is 66.6. The second-order valence-electron chi connectivity index (χ2n) is 29.0. The summed E-state index contributed by atoms with van der Waals surface area (Å²) in [7, 11) is -9.93. The van der Waals surface area contributed by atoms with Crippen molar-refractivity contribution >= 4 is 39.5 Å². The van der Waals surface area contributed by atoms with Crippen molar-refractivity contribution in [3.63, 3.8) is 0 Å². The maximum Gasteiger partial charge on any atom is 0.472 e. The maximum absolute atomic E-state index is 13.1. The van der Waals surface area contributed by atoms with Gasteiger partial charge in [0.05, 0.1) is 26.4 Å². The number of rotatable bonds is 79. The van der Waals surface area contributed by atoms with Crippen molar-refractivity contribution < 1.29 is 80.2 Å². The molecule has 17 nitrogen and oxygen atoms in total. The second-order valence-corrected chi connectivity index (χ2v) is 31.9. The van der Waals surface area contributed by atoms with Crippen molar-refractivity contribution in [2.45, 2.75) is 425 Å². The van der Waals surface area contributed by atoms with E-state index >= 15 is 0 Å². The van der Waals surface area contributed by atoms with Gasteiger partial charge in [0.15, 0.2) is 12.2 Å². The molecule has 0 aromatic rings. The van der Waals surface area contributed by atoms with Gasteiger partial charge in [-0.2, -0.15) is 0 Å². The summed E-state index contributed by atoms with van der Waals surface area (Å²) >= 11 is 0. The van der Waals surface area contributed by atoms with Gasteiger partial charge in [-0.15, -0.1) is 0 Å². The van der Waals surface area contributed by atoms with Gasteiger partial charge in [-0.25, -0.2) is 9.13 Å². The van der Waals surface area contributed by atoms with Crippen molar-refractivity contribution in [2.24, 2.45) is 5.92 Å². The Morgan fingerprint density at radius 2 is 0.540 bits per heavy atom. The Morgan fingerprint density at radius 3 is 0.820 bits per heavy atom. The minimum Gasteiger partial charge on any atom is -0.462 e. The van der Waals surface area contributed by atoms with Crippen LogP contribution in [0, 0.1) is 5.92 Å². The monoisotopic (exact) mass is 1460 g/mol. The fraction of sp³-hybridized carbons (Fsp3) is 0.901. The molecule has 2 unspecified atom stereocenters. The molecule has 19 heteroatoms. The molecule has 0 aliphatic rings. The molecule has 0 aliphatic carbocycles. The highest BCUT2D eigenvalue weighted by molar-refractivity contribution is 7.47. The third kappa shape index (κ3) is 73.8. The smallest absolute Gasteiger partial charge is 0.462 e. The first-order valence-electron chi connectivity index (χ1n) is 41.5. The molecule has 0 saturated heterocycles. The standard InChI is InChI=1S/C81H154O17P2/c1-6-9-12-15-18-21-24-27-30-31-32-33-34-37-40-43-46-51-57-62-67-80(85)97-76(70-91-78(83)64-59-54-49-44-41-38-35-28-25-22-19-16-13-10-7-2)72-95-99(87,88)93-68-75(82)69-94-100(89,90)96-73-77(71-92-79(84)65-60-55-52-47-48-53-58-63-74(4)5)98-81(86)66-61-56-50-45-42-39-36-29-26-23-20-17-14-11-8-3/h22,25,28,35,74-77,82H,6-21,23-24,26-27,29-34,36-73H2,1-5H3,(H,87,88)(H,89,90)/b25-22-,35-28-/t75-,76-,77-/m1/s1. The minimum absolute atomic E-state index is 0.102. The quantitative estimate of drug-likeness (QED) is 0.0169. The average Bonchev–Trinajstić information content (AvgIpc) is 0.919. The van der Waals surface area contributed by atoms with Gasteiger partial charge in [0.25, 0.3) is 0 Å². The van der Waals surface area contributed by atoms with Crippen LogP contribution >= 0.6 is 15.6 Å². The van der Waals surface area contributed by atoms with E-state index in [9.17, 15) is 43.2 Å². The number of carbonyl (C=O) groups excluding carboxylic acids is 4. The number of aliphatic hydroxyl groups is 1. The molecule has 0 aliphatic heterocycles. The van der Waals surface area contributed by atoms with E-state index in [1.54, 1.807) is 0 Å². The van der Waals surface area contributed by atoms with Crippen LogP contribution in [0.4, 0.5) is 0 Å². The van der Waals surface area contributed by atoms with Crippen LogP contribution in [0.25, 0.3) is 0 Å². The molecule has 100 heavy (non-hydrogen) atoms. The predicted octanol–water partition coefficient (Wildman–Crippen LogP) is 24.0. The lowest BCUT2D eigenvalue weighted by atomic mass is 10.0. The molecule has 0 saturated carbocycles. The molecule has 0 spiro atoms. The molecule has 0 bridgehead atoms. The highest BCUT2D eigenvalue weighted by Gasteiger charge is 2.30. The van der Waals surface area contributed by atoms with Gasteiger partial charge in [0.2, 0.25) is 0 Å². The van der Waals surface area contributed by atoms with Gasteiger partial charge in [-0.05, 0) is 57.3 Å². The van der Waals surface area contributed by atoms with Gasteiger partial charge < -0.3 is 33.8 Å². The maximum atomic E-state index is 13.1. The first-order valence-corrected chi connectivity index (χ1v) is 44.4. The number of esters is 4. The Hall–Kier alpha value is -2.46. The number of phosphoric ester groups is 2. The van der Waals surface area contributed by atoms with Gasteiger partial charge in [-0.1, -0.05) is 354 Å². The van der Waals surface area contributed by atoms with Gasteiger partial charge in [0, 0.05) is 25.7 Å². The number of carbonyl (C=O) groups is 4. The van der Waals surface area contributed by atoms with Crippen LogP contribution in [-0.2, 0) is 65.4 Å². The molecule has 0 heterocycles. The fourth-order valence-corrected chi connectivity index (χ4v) is 13.6. The zero-order valence-electron chi connectivity index (χ0n) is 64.8. The highest BCUT2D eigenvalue weighted by atomic mass is 31.2. The Kier molecular flexibility index (Phi) is 71.6. The van der Waals surface area contributed by atoms with Crippen LogP contribution in [0.1, 0.15) is 407 Å². The Balaban J connectivity index is 5.26. The molecule has 3 N–H and O–H groups in total. The van der Waals surface area contributed by atoms with Crippen molar-refractivity contribution in [3.05, 3.63) is 24.3 Å². The Morgan fingerprint density at radius 1 is 0.310 bits per heavy atom. The third-order valence-electron chi connectivity index (χ3n) is 18.4. The van der Waals surface area contributed by atoms with Crippen LogP contribution in [0.15, 0.2) is 24.3 Å². The molecule has 0 radical (unpaired) electrons. The SMILES string of the molecule is CCCCCC/C=C\C=C/CCCCCCCC(=O)OC[C@H](COP(=O)(O)OC[C@@H](O)COP(=O)(O)OC[C@@H](COC(=O)CCCCCCCCCC(C)C)OC(=O)CCCCCCCCCCCCCCCCC)OC(=O)CCCCCCCCCCCCCCCCCCCCCC. The van der Waals surface area contributed by atoms with E-state index in [-0.39, 0.29) is 25.7 Å². The summed E-state index contributed by atoms with van der Waals surface area (Å²) < 4.78 is 68.7. The molecule has 0 amide bonds. The second kappa shape index (κ2) is 73.4. The number of aliphatic hydroxyl groups excluding tert-OH is 1. The van der Waals surface area contributed by atoms with E-state index in [0.717, 1.165) is 116 Å². The van der Waals surface area contributed by atoms with Crippen LogP contribution in [0.3, 0.4) is 0 Å². The minimum atomic E-state index is -4.97. The van der Waals surface area contributed by atoms with Crippen molar-refractivity contribution in [2.75, 3.05) is 39.6 Å². The first-order chi connectivity index (χ1) is 48.5. The molecule has 0 rings (SSSR count). The lowest BCUT2D eigenvalue weighted by Gasteiger charge is -2.21. The molecule has 0 aromatic carbocycles. The van der Waals surface area contributed by atoms with Gasteiger partial charge in [-0.3, -0.25) is 37.3 Å². The van der Waals surface area contributed by atoms with Gasteiger partial charge >= 0.3 is 39.5 Å². The Labute approximate surface area is 612 Å². The molecule has 0 aromatic heterocycles. The number of hydrogen-bond acceptors (Lipinski definition) is 15. The molecule has 590 valence electrons. The normalized spacial score (nSPS) is 14.0. The average molecular weight is 1460 g/mol. The topological polar surface area (TPSA) is 237 Å². The molecule has 0 fully saturated rings. The number of ether oxygens (including phenoxy) is 4. The van der Waals surface area contributed by atoms with Crippen LogP contribution in [0.5, 0.6) is 0 Å². The number of phosphoric acid groups is 2. The fourth-order valence-electron chi connectivity index (χ4n) is 12.0. The summed E-state index contributed by atoms with van der Waals surface area (Å²) in [5.41, 5.74) is 0. The summed E-state index contributed by atoms with van der Waals surface area (Å²) in [6.45, 7) is 7.21. The number of allylic oxidation sites excluding steroid dienone is 4. The lowest BCUT2D eigenvalue weighted by Crippen LogP contribution is -2.30. The molecular formula is C81H154O17P2. The summed E-state index contributed by atoms with van der Waals surface area (Å²) in [5, 5.41) is 10.6. The largest absolute Gasteiger partial charge is 0.472 e. The molecule has 5 atom stereocenters. The predicted molar refractivity (Wildman–Crippen MR) is 409 cm³/mol. The number of unbranched alkanes of at least 4 members (excludes halogenated alkanes) is 48. The summed E-state index contributed by atoms with van der Waals surface area (Å²) in [4.78, 5) is 73.0. The van der Waals surface area contributed by atoms with E-state index in [4.69, 9.17) is 37.0 Å². The van der Waals surface area contributed by atoms with E-state index in [0.29, 0.717) is 31.6 Å². The zero-order chi connectivity index (χ0) is 73.4. The van der Waals surface area contributed by atoms with Crippen molar-refractivity contribution in [1.82, 2.24) is 0 Å². The van der Waals surface area contributed by atoms with Crippen LogP contribution in [0.2, 0.25) is 0 Å². The van der Waals surface area contributed by atoms with E-state index in [2.05, 4.69) is 58.9 Å². The number of hydrogen-bond donors (Lipinski definition) is 3.